The molecule has 2 aliphatic heterocycles. The maximum Gasteiger partial charge on any atom is 0.407 e. The van der Waals surface area contributed by atoms with Crippen molar-refractivity contribution in [1.82, 2.24) is 9.47 Å². The van der Waals surface area contributed by atoms with Crippen LogP contribution in [0.5, 0.6) is 5.75 Å². The number of ether oxygens (including phenoxy) is 1. The maximum absolute atomic E-state index is 12.2. The van der Waals surface area contributed by atoms with Crippen LogP contribution in [-0.4, -0.2) is 48.4 Å². The second-order valence-electron chi connectivity index (χ2n) is 6.50. The van der Waals surface area contributed by atoms with Crippen LogP contribution in [0.25, 0.3) is 5.69 Å². The Morgan fingerprint density at radius 1 is 1.16 bits per heavy atom. The van der Waals surface area contributed by atoms with Gasteiger partial charge in [0.25, 0.3) is 0 Å². The first-order chi connectivity index (χ1) is 11.8. The fourth-order valence-electron chi connectivity index (χ4n) is 3.72. The van der Waals surface area contributed by atoms with Crippen molar-refractivity contribution < 1.29 is 23.1 Å². The first-order valence-corrected chi connectivity index (χ1v) is 9.90. The lowest BCUT2D eigenvalue weighted by Gasteiger charge is -2.44. The van der Waals surface area contributed by atoms with Gasteiger partial charge in [-0.05, 0) is 24.3 Å². The summed E-state index contributed by atoms with van der Waals surface area (Å²) in [6, 6.07) is 10.7. The molecule has 1 fully saturated rings. The molecule has 1 N–H and O–H groups in total. The van der Waals surface area contributed by atoms with Gasteiger partial charge in [-0.2, -0.15) is 0 Å². The number of hydrogen-bond acceptors (Lipinski definition) is 4. The van der Waals surface area contributed by atoms with Crippen LogP contribution in [0.4, 0.5) is 4.79 Å². The van der Waals surface area contributed by atoms with Crippen LogP contribution >= 0.6 is 0 Å². The molecule has 2 aromatic rings. The number of para-hydroxylation sites is 2. The quantitative estimate of drug-likeness (QED) is 0.840. The first kappa shape index (κ1) is 16.0. The highest BCUT2D eigenvalue weighted by Crippen LogP contribution is 2.46. The first-order valence-electron chi connectivity index (χ1n) is 8.00. The zero-order chi connectivity index (χ0) is 17.8. The van der Waals surface area contributed by atoms with Gasteiger partial charge in [-0.25, -0.2) is 13.2 Å². The number of hydrogen-bond donors (Lipinski definition) is 1. The zero-order valence-corrected chi connectivity index (χ0v) is 14.5. The lowest BCUT2D eigenvalue weighted by atomic mass is 9.86. The third kappa shape index (κ3) is 2.39. The molecule has 0 unspecified atom stereocenters. The van der Waals surface area contributed by atoms with E-state index in [-0.39, 0.29) is 5.03 Å². The smallest absolute Gasteiger partial charge is 0.407 e. The number of rotatable bonds is 1. The van der Waals surface area contributed by atoms with Gasteiger partial charge in [-0.3, -0.25) is 4.57 Å². The lowest BCUT2D eigenvalue weighted by molar-refractivity contribution is -0.00959. The molecule has 3 heterocycles. The van der Waals surface area contributed by atoms with E-state index in [2.05, 4.69) is 0 Å². The van der Waals surface area contributed by atoms with Crippen LogP contribution in [0.3, 0.4) is 0 Å². The summed E-state index contributed by atoms with van der Waals surface area (Å²) in [5.41, 5.74) is 0.731. The van der Waals surface area contributed by atoms with Gasteiger partial charge in [-0.1, -0.05) is 12.1 Å². The second kappa shape index (κ2) is 5.26. The van der Waals surface area contributed by atoms with Gasteiger partial charge >= 0.3 is 6.09 Å². The monoisotopic (exact) mass is 362 g/mol. The Hall–Kier alpha value is -2.48. The lowest BCUT2D eigenvalue weighted by Crippen LogP contribution is -2.49. The van der Waals surface area contributed by atoms with Crippen molar-refractivity contribution in [3.05, 3.63) is 42.1 Å². The fourth-order valence-corrected chi connectivity index (χ4v) is 4.56. The molecule has 7 nitrogen and oxygen atoms in total. The molecule has 1 aromatic carbocycles. The van der Waals surface area contributed by atoms with E-state index < -0.39 is 21.5 Å². The zero-order valence-electron chi connectivity index (χ0n) is 13.7. The van der Waals surface area contributed by atoms with Gasteiger partial charge in [0.15, 0.2) is 15.4 Å². The molecule has 1 amide bonds. The molecule has 132 valence electrons. The summed E-state index contributed by atoms with van der Waals surface area (Å²) in [6.45, 7) is 0.688. The van der Waals surface area contributed by atoms with E-state index >= 15 is 0 Å². The van der Waals surface area contributed by atoms with E-state index in [9.17, 15) is 18.3 Å². The summed E-state index contributed by atoms with van der Waals surface area (Å²) in [4.78, 5) is 12.6. The maximum atomic E-state index is 12.2. The Balaban J connectivity index is 1.87. The highest BCUT2D eigenvalue weighted by molar-refractivity contribution is 7.90. The van der Waals surface area contributed by atoms with E-state index in [0.717, 1.165) is 5.69 Å². The summed E-state index contributed by atoms with van der Waals surface area (Å²) in [7, 11) is -3.42. The van der Waals surface area contributed by atoms with Crippen LogP contribution in [-0.2, 0) is 15.4 Å². The van der Waals surface area contributed by atoms with Crippen molar-refractivity contribution in [1.29, 1.82) is 0 Å². The SMILES string of the molecule is CS(=O)(=O)c1ccc2n1-c1ccccc1OC21CCN(C(=O)O)CC1. The van der Waals surface area contributed by atoms with Gasteiger partial charge in [0.05, 0.1) is 11.4 Å². The number of benzene rings is 1. The summed E-state index contributed by atoms with van der Waals surface area (Å²) in [5.74, 6) is 0.611. The van der Waals surface area contributed by atoms with Gasteiger partial charge in [0.2, 0.25) is 0 Å². The molecular weight excluding hydrogens is 344 g/mol. The van der Waals surface area contributed by atoms with Gasteiger partial charge in [-0.15, -0.1) is 0 Å². The van der Waals surface area contributed by atoms with Crippen LogP contribution in [0.15, 0.2) is 41.4 Å². The van der Waals surface area contributed by atoms with Crippen molar-refractivity contribution in [3.63, 3.8) is 0 Å². The van der Waals surface area contributed by atoms with Crippen molar-refractivity contribution in [2.75, 3.05) is 19.3 Å². The van der Waals surface area contributed by atoms with Gasteiger partial charge < -0.3 is 14.7 Å². The molecular formula is C17H18N2O5S. The second-order valence-corrected chi connectivity index (χ2v) is 8.46. The Morgan fingerprint density at radius 2 is 1.84 bits per heavy atom. The van der Waals surface area contributed by atoms with E-state index in [1.165, 1.54) is 11.2 Å². The number of piperidine rings is 1. The molecule has 0 aliphatic carbocycles. The van der Waals surface area contributed by atoms with E-state index in [1.54, 1.807) is 16.7 Å². The topological polar surface area (TPSA) is 88.8 Å². The Labute approximate surface area is 145 Å². The molecule has 1 saturated heterocycles. The summed E-state index contributed by atoms with van der Waals surface area (Å²) in [6.07, 6.45) is 1.19. The number of carbonyl (C=O) groups is 1. The number of likely N-dealkylation sites (tertiary alicyclic amines) is 1. The molecule has 2 aliphatic rings. The number of sulfone groups is 1. The van der Waals surface area contributed by atoms with E-state index in [1.807, 2.05) is 24.3 Å². The number of nitrogens with zero attached hydrogens (tertiary/aromatic N) is 2. The average molecular weight is 362 g/mol. The fraction of sp³-hybridized carbons (Fsp3) is 0.353. The predicted molar refractivity (Wildman–Crippen MR) is 90.0 cm³/mol. The van der Waals surface area contributed by atoms with Crippen LogP contribution in [0, 0.1) is 0 Å². The minimum absolute atomic E-state index is 0.221. The predicted octanol–water partition coefficient (Wildman–Crippen LogP) is 2.24. The number of amides is 1. The Kier molecular flexibility index (Phi) is 3.37. The Morgan fingerprint density at radius 3 is 2.48 bits per heavy atom. The van der Waals surface area contributed by atoms with Crippen molar-refractivity contribution in [2.45, 2.75) is 23.5 Å². The highest BCUT2D eigenvalue weighted by Gasteiger charge is 2.46. The molecule has 0 bridgehead atoms. The summed E-state index contributed by atoms with van der Waals surface area (Å²) < 4.78 is 32.5. The molecule has 0 saturated carbocycles. The number of carboxylic acid groups (broad SMARTS) is 1. The molecule has 1 spiro atoms. The minimum Gasteiger partial charge on any atom is -0.479 e. The Bertz CT molecular complexity index is 955. The third-order valence-corrected chi connectivity index (χ3v) is 6.02. The van der Waals surface area contributed by atoms with Crippen LogP contribution in [0.1, 0.15) is 18.5 Å². The van der Waals surface area contributed by atoms with Crippen LogP contribution in [0.2, 0.25) is 0 Å². The summed E-state index contributed by atoms with van der Waals surface area (Å²) in [5, 5.41) is 9.41. The molecule has 25 heavy (non-hydrogen) atoms. The van der Waals surface area contributed by atoms with Crippen molar-refractivity contribution in [3.8, 4) is 11.4 Å². The molecule has 8 heteroatoms. The van der Waals surface area contributed by atoms with E-state index in [4.69, 9.17) is 4.74 Å². The standard InChI is InChI=1S/C17H18N2O5S/c1-25(22,23)15-7-6-14-17(8-10-18(11-9-17)16(20)21)24-13-5-3-2-4-12(13)19(14)15/h2-7H,8-11H2,1H3,(H,20,21). The minimum atomic E-state index is -3.42. The van der Waals surface area contributed by atoms with Crippen molar-refractivity contribution >= 4 is 15.9 Å². The van der Waals surface area contributed by atoms with Gasteiger partial charge in [0.1, 0.15) is 10.8 Å². The molecule has 4 rings (SSSR count). The van der Waals surface area contributed by atoms with Gasteiger partial charge in [0, 0.05) is 32.2 Å². The van der Waals surface area contributed by atoms with E-state index in [0.29, 0.717) is 37.4 Å². The normalized spacial score (nSPS) is 18.4. The summed E-state index contributed by atoms with van der Waals surface area (Å²) >= 11 is 0. The number of aromatic nitrogens is 1. The van der Waals surface area contributed by atoms with Crippen LogP contribution < -0.4 is 4.74 Å². The average Bonchev–Trinajstić information content (AvgIpc) is 3.02. The third-order valence-electron chi connectivity index (χ3n) is 4.94. The largest absolute Gasteiger partial charge is 0.479 e. The number of fused-ring (bicyclic) bond motifs is 4. The van der Waals surface area contributed by atoms with Crippen molar-refractivity contribution in [2.24, 2.45) is 0 Å². The molecule has 1 aromatic heterocycles. The highest BCUT2D eigenvalue weighted by atomic mass is 32.2. The molecule has 0 radical (unpaired) electrons. The molecule has 0 atom stereocenters.